The highest BCUT2D eigenvalue weighted by Crippen LogP contribution is 2.11. The molecule has 0 radical (unpaired) electrons. The summed E-state index contributed by atoms with van der Waals surface area (Å²) in [7, 11) is 0. The number of ether oxygens (including phenoxy) is 2. The summed E-state index contributed by atoms with van der Waals surface area (Å²) in [6, 6.07) is 0. The first kappa shape index (κ1) is 11.2. The van der Waals surface area contributed by atoms with Crippen LogP contribution in [0.2, 0.25) is 0 Å². The van der Waals surface area contributed by atoms with Gasteiger partial charge in [0, 0.05) is 6.61 Å². The fourth-order valence-electron chi connectivity index (χ4n) is 1.39. The minimum atomic E-state index is -0.320. The second-order valence-corrected chi connectivity index (χ2v) is 3.86. The summed E-state index contributed by atoms with van der Waals surface area (Å²) < 4.78 is 10.4. The lowest BCUT2D eigenvalue weighted by Gasteiger charge is -2.10. The lowest BCUT2D eigenvalue weighted by Crippen LogP contribution is -2.13. The number of esters is 1. The van der Waals surface area contributed by atoms with Crippen LogP contribution < -0.4 is 0 Å². The van der Waals surface area contributed by atoms with Crippen LogP contribution in [-0.2, 0) is 14.3 Å². The van der Waals surface area contributed by atoms with E-state index < -0.39 is 0 Å². The van der Waals surface area contributed by atoms with Crippen LogP contribution in [0.3, 0.4) is 0 Å². The van der Waals surface area contributed by atoms with Gasteiger partial charge in [-0.25, -0.2) is 4.79 Å². The van der Waals surface area contributed by atoms with Crippen molar-refractivity contribution >= 4 is 5.97 Å². The van der Waals surface area contributed by atoms with Gasteiger partial charge in [-0.3, -0.25) is 0 Å². The predicted octanol–water partition coefficient (Wildman–Crippen LogP) is 1.92. The van der Waals surface area contributed by atoms with Crippen LogP contribution in [0.4, 0.5) is 0 Å². The van der Waals surface area contributed by atoms with Crippen LogP contribution in [0.15, 0.2) is 12.2 Å². The maximum Gasteiger partial charge on any atom is 0.335 e. The normalized spacial score (nSPS) is 26.5. The van der Waals surface area contributed by atoms with Crippen molar-refractivity contribution in [2.45, 2.75) is 26.2 Å². The molecule has 3 heteroatoms. The highest BCUT2D eigenvalue weighted by Gasteiger charge is 2.11. The first-order valence-electron chi connectivity index (χ1n) is 5.13. The maximum atomic E-state index is 11.2. The molecule has 14 heavy (non-hydrogen) atoms. The molecule has 1 fully saturated rings. The van der Waals surface area contributed by atoms with Crippen LogP contribution in [0.25, 0.3) is 0 Å². The van der Waals surface area contributed by atoms with Crippen LogP contribution in [0.1, 0.15) is 26.2 Å². The summed E-state index contributed by atoms with van der Waals surface area (Å²) in [4.78, 5) is 11.2. The molecule has 1 rings (SSSR count). The molecule has 80 valence electrons. The van der Waals surface area contributed by atoms with Crippen LogP contribution in [0.5, 0.6) is 0 Å². The van der Waals surface area contributed by atoms with Crippen molar-refractivity contribution in [2.24, 2.45) is 5.92 Å². The minimum absolute atomic E-state index is 0.295. The number of rotatable bonds is 0. The SMILES string of the molecule is C=C1COCC(C)CCCCOC1=O. The summed E-state index contributed by atoms with van der Waals surface area (Å²) in [6.07, 6.45) is 3.15. The third-order valence-corrected chi connectivity index (χ3v) is 2.29. The molecule has 0 aromatic heterocycles. The molecule has 0 aromatic carbocycles. The first-order chi connectivity index (χ1) is 6.70. The summed E-state index contributed by atoms with van der Waals surface area (Å²) in [5.74, 6) is 0.232. The molecule has 1 unspecified atom stereocenters. The van der Waals surface area contributed by atoms with E-state index in [-0.39, 0.29) is 5.97 Å². The molecular formula is C11H18O3. The second-order valence-electron chi connectivity index (χ2n) is 3.86. The van der Waals surface area contributed by atoms with Gasteiger partial charge in [0.15, 0.2) is 0 Å². The van der Waals surface area contributed by atoms with E-state index in [4.69, 9.17) is 9.47 Å². The summed E-state index contributed by atoms with van der Waals surface area (Å²) >= 11 is 0. The zero-order chi connectivity index (χ0) is 10.4. The Morgan fingerprint density at radius 2 is 2.21 bits per heavy atom. The third-order valence-electron chi connectivity index (χ3n) is 2.29. The third kappa shape index (κ3) is 3.92. The molecule has 1 atom stereocenters. The van der Waals surface area contributed by atoms with E-state index in [0.29, 0.717) is 31.3 Å². The largest absolute Gasteiger partial charge is 0.462 e. The summed E-state index contributed by atoms with van der Waals surface area (Å²) in [5.41, 5.74) is 0.416. The number of cyclic esters (lactones) is 1. The van der Waals surface area contributed by atoms with Gasteiger partial charge in [-0.2, -0.15) is 0 Å². The quantitative estimate of drug-likeness (QED) is 0.440. The van der Waals surface area contributed by atoms with E-state index in [1.165, 1.54) is 0 Å². The molecule has 0 aliphatic carbocycles. The second kappa shape index (κ2) is 5.81. The molecule has 1 aliphatic heterocycles. The van der Waals surface area contributed by atoms with Crippen LogP contribution in [-0.4, -0.2) is 25.8 Å². The van der Waals surface area contributed by atoms with Gasteiger partial charge in [0.25, 0.3) is 0 Å². The average Bonchev–Trinajstić information content (AvgIpc) is 2.18. The molecule has 1 saturated heterocycles. The van der Waals surface area contributed by atoms with E-state index in [1.54, 1.807) is 0 Å². The minimum Gasteiger partial charge on any atom is -0.462 e. The van der Waals surface area contributed by atoms with Gasteiger partial charge >= 0.3 is 5.97 Å². The van der Waals surface area contributed by atoms with Gasteiger partial charge in [0.05, 0.1) is 18.8 Å². The number of hydrogen-bond acceptors (Lipinski definition) is 3. The Labute approximate surface area is 85.1 Å². The average molecular weight is 198 g/mol. The molecule has 0 spiro atoms. The Bertz CT molecular complexity index is 211. The van der Waals surface area contributed by atoms with E-state index in [0.717, 1.165) is 19.3 Å². The van der Waals surface area contributed by atoms with Gasteiger partial charge in [0.2, 0.25) is 0 Å². The Morgan fingerprint density at radius 3 is 3.00 bits per heavy atom. The number of carbonyl (C=O) groups is 1. The van der Waals surface area contributed by atoms with Crippen molar-refractivity contribution < 1.29 is 14.3 Å². The topological polar surface area (TPSA) is 35.5 Å². The first-order valence-corrected chi connectivity index (χ1v) is 5.13. The molecular weight excluding hydrogens is 180 g/mol. The summed E-state index contributed by atoms with van der Waals surface area (Å²) in [5, 5.41) is 0. The summed E-state index contributed by atoms with van der Waals surface area (Å²) in [6.45, 7) is 7.28. The fraction of sp³-hybridized carbons (Fsp3) is 0.727. The number of hydrogen-bond donors (Lipinski definition) is 0. The van der Waals surface area contributed by atoms with E-state index in [9.17, 15) is 4.79 Å². The van der Waals surface area contributed by atoms with Gasteiger partial charge in [0.1, 0.15) is 0 Å². The molecule has 1 heterocycles. The van der Waals surface area contributed by atoms with Crippen LogP contribution in [0, 0.1) is 5.92 Å². The van der Waals surface area contributed by atoms with E-state index in [2.05, 4.69) is 13.5 Å². The number of carbonyl (C=O) groups excluding carboxylic acids is 1. The standard InChI is InChI=1S/C11H18O3/c1-9-5-3-4-6-14-11(12)10(2)8-13-7-9/h9H,2-8H2,1H3. The van der Waals surface area contributed by atoms with Crippen molar-refractivity contribution in [1.29, 1.82) is 0 Å². The maximum absolute atomic E-state index is 11.2. The molecule has 3 nitrogen and oxygen atoms in total. The molecule has 0 N–H and O–H groups in total. The monoisotopic (exact) mass is 198 g/mol. The molecule has 1 aliphatic rings. The van der Waals surface area contributed by atoms with Gasteiger partial charge in [-0.15, -0.1) is 0 Å². The molecule has 0 amide bonds. The molecule has 0 saturated carbocycles. The predicted molar refractivity (Wildman–Crippen MR) is 53.9 cm³/mol. The smallest absolute Gasteiger partial charge is 0.335 e. The Morgan fingerprint density at radius 1 is 1.43 bits per heavy atom. The van der Waals surface area contributed by atoms with Gasteiger partial charge in [-0.1, -0.05) is 13.5 Å². The van der Waals surface area contributed by atoms with Crippen molar-refractivity contribution in [3.8, 4) is 0 Å². The zero-order valence-corrected chi connectivity index (χ0v) is 8.75. The molecule has 0 aromatic rings. The highest BCUT2D eigenvalue weighted by molar-refractivity contribution is 5.87. The Balaban J connectivity index is 2.42. The van der Waals surface area contributed by atoms with Crippen molar-refractivity contribution in [2.75, 3.05) is 19.8 Å². The van der Waals surface area contributed by atoms with E-state index in [1.807, 2.05) is 0 Å². The Kier molecular flexibility index (Phi) is 4.66. The van der Waals surface area contributed by atoms with Gasteiger partial charge < -0.3 is 9.47 Å². The Hall–Kier alpha value is -0.830. The van der Waals surface area contributed by atoms with E-state index >= 15 is 0 Å². The van der Waals surface area contributed by atoms with Crippen molar-refractivity contribution in [3.05, 3.63) is 12.2 Å². The lowest BCUT2D eigenvalue weighted by atomic mass is 10.1. The highest BCUT2D eigenvalue weighted by atomic mass is 16.5. The van der Waals surface area contributed by atoms with Crippen LogP contribution >= 0.6 is 0 Å². The zero-order valence-electron chi connectivity index (χ0n) is 8.75. The molecule has 0 bridgehead atoms. The van der Waals surface area contributed by atoms with Crippen molar-refractivity contribution in [1.82, 2.24) is 0 Å². The fourth-order valence-corrected chi connectivity index (χ4v) is 1.39. The van der Waals surface area contributed by atoms with Gasteiger partial charge in [-0.05, 0) is 25.2 Å². The van der Waals surface area contributed by atoms with Crippen molar-refractivity contribution in [3.63, 3.8) is 0 Å². The lowest BCUT2D eigenvalue weighted by molar-refractivity contribution is -0.139.